The predicted molar refractivity (Wildman–Crippen MR) is 63.1 cm³/mol. The van der Waals surface area contributed by atoms with Crippen LogP contribution in [0.1, 0.15) is 19.8 Å². The van der Waals surface area contributed by atoms with Crippen LogP contribution in [0.3, 0.4) is 0 Å². The van der Waals surface area contributed by atoms with Gasteiger partial charge < -0.3 is 4.74 Å². The highest BCUT2D eigenvalue weighted by molar-refractivity contribution is 8.61. The van der Waals surface area contributed by atoms with E-state index in [1.54, 1.807) is 0 Å². The molecule has 0 amide bonds. The second-order valence-corrected chi connectivity index (χ2v) is 12.4. The summed E-state index contributed by atoms with van der Waals surface area (Å²) in [6, 6.07) is 0. The number of hydrogen-bond donors (Lipinski definition) is 0. The molecule has 1 rings (SSSR count). The standard InChI is InChI=1S/C6H16OP4/c1-5-6(11(9)10-8)3-2-4-7-5/h5-6,10H,2-4,8-9H2,1H3/t5-,6+,11?/m1/s1. The molecule has 4 unspecified atom stereocenters. The largest absolute Gasteiger partial charge is 0.378 e. The molecule has 0 aromatic carbocycles. The number of hydrogen-bond acceptors (Lipinski definition) is 1. The van der Waals surface area contributed by atoms with Crippen molar-refractivity contribution in [1.29, 1.82) is 0 Å². The summed E-state index contributed by atoms with van der Waals surface area (Å²) in [5, 5.41) is 0. The van der Waals surface area contributed by atoms with Crippen molar-refractivity contribution in [2.45, 2.75) is 31.5 Å². The van der Waals surface area contributed by atoms with Crippen LogP contribution in [0.2, 0.25) is 0 Å². The van der Waals surface area contributed by atoms with Crippen molar-refractivity contribution in [3.8, 4) is 0 Å². The lowest BCUT2D eigenvalue weighted by Crippen LogP contribution is -2.28. The Balaban J connectivity index is 2.40. The van der Waals surface area contributed by atoms with Crippen molar-refractivity contribution in [2.24, 2.45) is 0 Å². The van der Waals surface area contributed by atoms with Crippen LogP contribution in [0.15, 0.2) is 0 Å². The van der Waals surface area contributed by atoms with E-state index in [2.05, 4.69) is 24.8 Å². The van der Waals surface area contributed by atoms with Crippen molar-refractivity contribution in [2.75, 3.05) is 6.61 Å². The summed E-state index contributed by atoms with van der Waals surface area (Å²) in [6.45, 7) is 3.19. The summed E-state index contributed by atoms with van der Waals surface area (Å²) in [5.41, 5.74) is 0.833. The number of ether oxygens (including phenoxy) is 1. The zero-order chi connectivity index (χ0) is 8.27. The molecule has 0 aromatic rings. The van der Waals surface area contributed by atoms with Crippen LogP contribution in [-0.2, 0) is 4.74 Å². The first-order chi connectivity index (χ1) is 5.25. The summed E-state index contributed by atoms with van der Waals surface area (Å²) in [6.07, 6.45) is 3.13. The van der Waals surface area contributed by atoms with Gasteiger partial charge >= 0.3 is 0 Å². The minimum atomic E-state index is 0.147. The van der Waals surface area contributed by atoms with E-state index in [0.29, 0.717) is 6.10 Å². The van der Waals surface area contributed by atoms with Crippen LogP contribution in [0, 0.1) is 0 Å². The third-order valence-corrected chi connectivity index (χ3v) is 13.5. The molecule has 1 saturated heterocycles. The van der Waals surface area contributed by atoms with Crippen LogP contribution in [0.5, 0.6) is 0 Å². The Morgan fingerprint density at radius 3 is 2.91 bits per heavy atom. The maximum atomic E-state index is 5.61. The van der Waals surface area contributed by atoms with E-state index in [9.17, 15) is 0 Å². The molecule has 0 N–H and O–H groups in total. The SMILES string of the molecule is C[C@H]1OCCC[C@@H]1P(P)PP. The Kier molecular flexibility index (Phi) is 5.30. The molecule has 1 aliphatic rings. The van der Waals surface area contributed by atoms with Gasteiger partial charge in [0.15, 0.2) is 0 Å². The molecule has 0 spiro atoms. The smallest absolute Gasteiger partial charge is 0.0620 e. The summed E-state index contributed by atoms with van der Waals surface area (Å²) >= 11 is 0. The lowest BCUT2D eigenvalue weighted by molar-refractivity contribution is 0.0329. The van der Waals surface area contributed by atoms with E-state index >= 15 is 0 Å². The van der Waals surface area contributed by atoms with Crippen LogP contribution < -0.4 is 0 Å². The Labute approximate surface area is 76.4 Å². The molecule has 1 heterocycles. The molecular formula is C6H16OP4. The molecule has 0 saturated carbocycles. The fourth-order valence-corrected chi connectivity index (χ4v) is 7.05. The fourth-order valence-electron chi connectivity index (χ4n) is 1.37. The van der Waals surface area contributed by atoms with E-state index in [0.717, 1.165) is 20.2 Å². The van der Waals surface area contributed by atoms with Crippen molar-refractivity contribution >= 4 is 33.1 Å². The minimum absolute atomic E-state index is 0.147. The zero-order valence-electron chi connectivity index (χ0n) is 6.79. The van der Waals surface area contributed by atoms with Gasteiger partial charge in [0, 0.05) is 12.3 Å². The monoisotopic (exact) mass is 228 g/mol. The van der Waals surface area contributed by atoms with Crippen LogP contribution in [0.25, 0.3) is 0 Å². The van der Waals surface area contributed by atoms with Crippen LogP contribution in [-0.4, -0.2) is 18.4 Å². The Morgan fingerprint density at radius 2 is 2.36 bits per heavy atom. The summed E-state index contributed by atoms with van der Waals surface area (Å²) in [5.74, 6) is 0. The van der Waals surface area contributed by atoms with Crippen LogP contribution >= 0.6 is 33.1 Å². The summed E-state index contributed by atoms with van der Waals surface area (Å²) in [4.78, 5) is 0. The van der Waals surface area contributed by atoms with E-state index < -0.39 is 0 Å². The molecule has 0 aliphatic carbocycles. The van der Waals surface area contributed by atoms with E-state index in [1.165, 1.54) is 12.8 Å². The van der Waals surface area contributed by atoms with Crippen molar-refractivity contribution < 1.29 is 4.74 Å². The second kappa shape index (κ2) is 5.42. The van der Waals surface area contributed by atoms with Crippen molar-refractivity contribution in [3.05, 3.63) is 0 Å². The Hall–Kier alpha value is 1.68. The normalized spacial score (nSPS) is 36.3. The van der Waals surface area contributed by atoms with E-state index in [1.807, 2.05) is 0 Å². The average Bonchev–Trinajstić information content (AvgIpc) is 2.04. The summed E-state index contributed by atoms with van der Waals surface area (Å²) in [7, 11) is 7.02. The lowest BCUT2D eigenvalue weighted by atomic mass is 10.1. The van der Waals surface area contributed by atoms with E-state index in [-0.39, 0.29) is 7.30 Å². The van der Waals surface area contributed by atoms with Gasteiger partial charge in [-0.3, -0.25) is 0 Å². The predicted octanol–water partition coefficient (Wildman–Crippen LogP) is 3.21. The Morgan fingerprint density at radius 1 is 1.64 bits per heavy atom. The fraction of sp³-hybridized carbons (Fsp3) is 1.00. The van der Waals surface area contributed by atoms with Gasteiger partial charge in [-0.25, -0.2) is 0 Å². The first-order valence-corrected chi connectivity index (χ1v) is 10.6. The minimum Gasteiger partial charge on any atom is -0.378 e. The maximum Gasteiger partial charge on any atom is 0.0620 e. The molecule has 1 nitrogen and oxygen atoms in total. The first kappa shape index (κ1) is 10.8. The van der Waals surface area contributed by atoms with Crippen molar-refractivity contribution in [3.63, 3.8) is 0 Å². The average molecular weight is 228 g/mol. The topological polar surface area (TPSA) is 9.23 Å². The molecule has 1 fully saturated rings. The molecule has 66 valence electrons. The molecular weight excluding hydrogens is 212 g/mol. The Bertz CT molecular complexity index is 117. The lowest BCUT2D eigenvalue weighted by Gasteiger charge is -2.32. The third-order valence-electron chi connectivity index (χ3n) is 2.07. The highest BCUT2D eigenvalue weighted by Crippen LogP contribution is 2.70. The van der Waals surface area contributed by atoms with Gasteiger partial charge in [-0.15, -0.1) is 17.9 Å². The van der Waals surface area contributed by atoms with Gasteiger partial charge in [0.1, 0.15) is 0 Å². The zero-order valence-corrected chi connectivity index (χ0v) is 11.0. The van der Waals surface area contributed by atoms with Gasteiger partial charge in [-0.1, -0.05) is 15.3 Å². The molecule has 0 bridgehead atoms. The molecule has 5 heteroatoms. The summed E-state index contributed by atoms with van der Waals surface area (Å²) < 4.78 is 5.61. The molecule has 6 atom stereocenters. The van der Waals surface area contributed by atoms with E-state index in [4.69, 9.17) is 4.74 Å². The van der Waals surface area contributed by atoms with Gasteiger partial charge in [-0.2, -0.15) is 0 Å². The number of rotatable bonds is 2. The van der Waals surface area contributed by atoms with Gasteiger partial charge in [0.25, 0.3) is 0 Å². The quantitative estimate of drug-likeness (QED) is 0.659. The maximum absolute atomic E-state index is 5.61. The third kappa shape index (κ3) is 3.14. The molecule has 0 radical (unpaired) electrons. The molecule has 1 aliphatic heterocycles. The highest BCUT2D eigenvalue weighted by atomic mass is 32.6. The van der Waals surface area contributed by atoms with Gasteiger partial charge in [0.2, 0.25) is 0 Å². The molecule has 0 aromatic heterocycles. The molecule has 11 heavy (non-hydrogen) atoms. The highest BCUT2D eigenvalue weighted by Gasteiger charge is 2.25. The van der Waals surface area contributed by atoms with Crippen LogP contribution in [0.4, 0.5) is 0 Å². The van der Waals surface area contributed by atoms with Gasteiger partial charge in [0.05, 0.1) is 6.10 Å². The van der Waals surface area contributed by atoms with Crippen molar-refractivity contribution in [1.82, 2.24) is 0 Å². The second-order valence-electron chi connectivity index (χ2n) is 2.82. The first-order valence-electron chi connectivity index (χ1n) is 3.87. The van der Waals surface area contributed by atoms with Gasteiger partial charge in [-0.05, 0) is 19.8 Å².